The van der Waals surface area contributed by atoms with Crippen LogP contribution in [0, 0.1) is 13.8 Å². The van der Waals surface area contributed by atoms with Gasteiger partial charge in [-0.3, -0.25) is 9.59 Å². The van der Waals surface area contributed by atoms with Gasteiger partial charge in [-0.05, 0) is 38.5 Å². The van der Waals surface area contributed by atoms with Crippen LogP contribution in [-0.4, -0.2) is 38.1 Å². The van der Waals surface area contributed by atoms with Gasteiger partial charge in [0.05, 0.1) is 12.5 Å². The van der Waals surface area contributed by atoms with Crippen molar-refractivity contribution in [1.82, 2.24) is 24.9 Å². The Morgan fingerprint density at radius 3 is 2.86 bits per heavy atom. The van der Waals surface area contributed by atoms with E-state index in [4.69, 9.17) is 16.3 Å². The Morgan fingerprint density at radius 1 is 1.32 bits per heavy atom. The molecule has 0 unspecified atom stereocenters. The molecule has 9 heteroatoms. The molecule has 1 atom stereocenters. The molecule has 1 amide bonds. The molecule has 28 heavy (non-hydrogen) atoms. The minimum absolute atomic E-state index is 0.00239. The van der Waals surface area contributed by atoms with E-state index < -0.39 is 5.97 Å². The molecule has 3 rings (SSSR count). The maximum Gasteiger partial charge on any atom is 0.310 e. The second-order valence-corrected chi connectivity index (χ2v) is 6.85. The Labute approximate surface area is 166 Å². The molecule has 0 saturated heterocycles. The first-order valence-corrected chi connectivity index (χ1v) is 9.09. The summed E-state index contributed by atoms with van der Waals surface area (Å²) in [6, 6.07) is 6.95. The lowest BCUT2D eigenvalue weighted by Crippen LogP contribution is -2.31. The Balaban J connectivity index is 1.56. The van der Waals surface area contributed by atoms with Gasteiger partial charge in [0.1, 0.15) is 6.33 Å². The van der Waals surface area contributed by atoms with E-state index in [1.165, 1.54) is 6.33 Å². The van der Waals surface area contributed by atoms with E-state index in [2.05, 4.69) is 20.4 Å². The maximum absolute atomic E-state index is 12.2. The van der Waals surface area contributed by atoms with E-state index in [1.807, 2.05) is 26.0 Å². The number of nitrogens with one attached hydrogen (secondary N) is 1. The van der Waals surface area contributed by atoms with E-state index in [1.54, 1.807) is 23.6 Å². The third-order valence-electron chi connectivity index (χ3n) is 4.40. The Hall–Kier alpha value is -3.00. The summed E-state index contributed by atoms with van der Waals surface area (Å²) in [6.45, 7) is 5.10. The second-order valence-electron chi connectivity index (χ2n) is 6.41. The van der Waals surface area contributed by atoms with Crippen molar-refractivity contribution in [2.45, 2.75) is 33.2 Å². The maximum atomic E-state index is 12.2. The number of rotatable bonds is 6. The Kier molecular flexibility index (Phi) is 5.89. The van der Waals surface area contributed by atoms with Crippen LogP contribution >= 0.6 is 11.6 Å². The van der Waals surface area contributed by atoms with Gasteiger partial charge in [-0.1, -0.05) is 23.7 Å². The molecule has 0 saturated carbocycles. The van der Waals surface area contributed by atoms with Crippen LogP contribution in [0.15, 0.2) is 30.6 Å². The van der Waals surface area contributed by atoms with Crippen LogP contribution in [0.25, 0.3) is 5.78 Å². The van der Waals surface area contributed by atoms with E-state index in [-0.39, 0.29) is 25.0 Å². The van der Waals surface area contributed by atoms with Gasteiger partial charge in [0, 0.05) is 22.0 Å². The van der Waals surface area contributed by atoms with Gasteiger partial charge in [0.25, 0.3) is 11.7 Å². The van der Waals surface area contributed by atoms with Gasteiger partial charge >= 0.3 is 5.97 Å². The van der Waals surface area contributed by atoms with Crippen LogP contribution in [0.4, 0.5) is 0 Å². The second kappa shape index (κ2) is 8.35. The molecule has 8 nitrogen and oxygen atoms in total. The topological polar surface area (TPSA) is 98.5 Å². The molecule has 0 aliphatic carbocycles. The largest absolute Gasteiger partial charge is 0.455 e. The number of hydrogen-bond donors (Lipinski definition) is 1. The lowest BCUT2D eigenvalue weighted by atomic mass is 10.1. The van der Waals surface area contributed by atoms with Gasteiger partial charge in [-0.25, -0.2) is 9.50 Å². The standard InChI is InChI=1S/C19H20ClN5O3/c1-11(14-5-4-6-15(20)7-14)23-17(26)9-28-18(27)8-16-12(2)24-19-21-10-22-25(19)13(16)3/h4-7,10-11H,8-9H2,1-3H3,(H,23,26)/t11-/m1/s1. The van der Waals surface area contributed by atoms with Crippen LogP contribution in [0.3, 0.4) is 0 Å². The zero-order valence-electron chi connectivity index (χ0n) is 15.8. The minimum atomic E-state index is -0.516. The number of carbonyl (C=O) groups excluding carboxylic acids is 2. The number of benzene rings is 1. The van der Waals surface area contributed by atoms with Gasteiger partial charge in [0.15, 0.2) is 6.61 Å². The molecule has 0 aliphatic rings. The van der Waals surface area contributed by atoms with Crippen molar-refractivity contribution < 1.29 is 14.3 Å². The molecule has 2 aromatic heterocycles. The molecule has 2 heterocycles. The molecule has 146 valence electrons. The first kappa shape index (κ1) is 19.8. The zero-order chi connectivity index (χ0) is 20.3. The SMILES string of the molecule is Cc1nc2ncnn2c(C)c1CC(=O)OCC(=O)N[C@H](C)c1cccc(Cl)c1. The highest BCUT2D eigenvalue weighted by Crippen LogP contribution is 2.17. The van der Waals surface area contributed by atoms with Gasteiger partial charge in [-0.15, -0.1) is 0 Å². The summed E-state index contributed by atoms with van der Waals surface area (Å²) in [5.74, 6) is -0.432. The molecule has 0 fully saturated rings. The van der Waals surface area contributed by atoms with Crippen molar-refractivity contribution in [3.63, 3.8) is 0 Å². The fourth-order valence-corrected chi connectivity index (χ4v) is 3.09. The van der Waals surface area contributed by atoms with Crippen LogP contribution in [0.5, 0.6) is 0 Å². The average molecular weight is 402 g/mol. The lowest BCUT2D eigenvalue weighted by Gasteiger charge is -2.15. The number of nitrogens with zero attached hydrogens (tertiary/aromatic N) is 4. The lowest BCUT2D eigenvalue weighted by molar-refractivity contribution is -0.148. The van der Waals surface area contributed by atoms with Crippen molar-refractivity contribution in [2.24, 2.45) is 0 Å². The molecule has 1 N–H and O–H groups in total. The van der Waals surface area contributed by atoms with Crippen molar-refractivity contribution in [1.29, 1.82) is 0 Å². The summed E-state index contributed by atoms with van der Waals surface area (Å²) in [4.78, 5) is 32.6. The summed E-state index contributed by atoms with van der Waals surface area (Å²) in [6.07, 6.45) is 1.40. The summed E-state index contributed by atoms with van der Waals surface area (Å²) < 4.78 is 6.69. The smallest absolute Gasteiger partial charge is 0.310 e. The number of halogens is 1. The van der Waals surface area contributed by atoms with Crippen LogP contribution < -0.4 is 5.32 Å². The first-order chi connectivity index (χ1) is 13.3. The number of aryl methyl sites for hydroxylation is 2. The molecule has 0 bridgehead atoms. The van der Waals surface area contributed by atoms with E-state index in [0.29, 0.717) is 22.1 Å². The number of aromatic nitrogens is 4. The molecular formula is C19H20ClN5O3. The number of ether oxygens (including phenoxy) is 1. The van der Waals surface area contributed by atoms with Crippen molar-refractivity contribution in [3.05, 3.63) is 58.1 Å². The zero-order valence-corrected chi connectivity index (χ0v) is 16.5. The molecule has 0 spiro atoms. The first-order valence-electron chi connectivity index (χ1n) is 8.71. The summed E-state index contributed by atoms with van der Waals surface area (Å²) in [5.41, 5.74) is 3.01. The summed E-state index contributed by atoms with van der Waals surface area (Å²) in [7, 11) is 0. The van der Waals surface area contributed by atoms with Gasteiger partial charge in [0.2, 0.25) is 0 Å². The number of carbonyl (C=O) groups is 2. The average Bonchev–Trinajstić information content (AvgIpc) is 3.12. The molecular weight excluding hydrogens is 382 g/mol. The monoisotopic (exact) mass is 401 g/mol. The van der Waals surface area contributed by atoms with E-state index in [9.17, 15) is 9.59 Å². The molecule has 3 aromatic rings. The highest BCUT2D eigenvalue weighted by molar-refractivity contribution is 6.30. The third-order valence-corrected chi connectivity index (χ3v) is 4.64. The number of fused-ring (bicyclic) bond motifs is 1. The van der Waals surface area contributed by atoms with Gasteiger partial charge in [-0.2, -0.15) is 10.1 Å². The minimum Gasteiger partial charge on any atom is -0.455 e. The fourth-order valence-electron chi connectivity index (χ4n) is 2.90. The highest BCUT2D eigenvalue weighted by Gasteiger charge is 2.17. The fraction of sp³-hybridized carbons (Fsp3) is 0.316. The van der Waals surface area contributed by atoms with Crippen LogP contribution in [0.1, 0.15) is 35.5 Å². The Bertz CT molecular complexity index is 1030. The van der Waals surface area contributed by atoms with Crippen molar-refractivity contribution in [3.8, 4) is 0 Å². The highest BCUT2D eigenvalue weighted by atomic mass is 35.5. The summed E-state index contributed by atoms with van der Waals surface area (Å²) >= 11 is 5.96. The van der Waals surface area contributed by atoms with Crippen molar-refractivity contribution >= 4 is 29.3 Å². The predicted octanol–water partition coefficient (Wildman–Crippen LogP) is 2.36. The third kappa shape index (κ3) is 4.45. The van der Waals surface area contributed by atoms with Crippen molar-refractivity contribution in [2.75, 3.05) is 6.61 Å². The van der Waals surface area contributed by atoms with E-state index in [0.717, 1.165) is 11.3 Å². The molecule has 0 radical (unpaired) electrons. The normalized spacial score (nSPS) is 12.0. The van der Waals surface area contributed by atoms with Gasteiger partial charge < -0.3 is 10.1 Å². The van der Waals surface area contributed by atoms with E-state index >= 15 is 0 Å². The molecule has 1 aromatic carbocycles. The number of hydrogen-bond acceptors (Lipinski definition) is 6. The number of esters is 1. The quantitative estimate of drug-likeness (QED) is 0.636. The summed E-state index contributed by atoms with van der Waals surface area (Å²) in [5, 5.41) is 7.45. The Morgan fingerprint density at radius 2 is 2.11 bits per heavy atom. The van der Waals surface area contributed by atoms with Crippen LogP contribution in [-0.2, 0) is 20.7 Å². The molecule has 0 aliphatic heterocycles. The predicted molar refractivity (Wildman–Crippen MR) is 103 cm³/mol. The number of amides is 1. The van der Waals surface area contributed by atoms with Crippen LogP contribution in [0.2, 0.25) is 5.02 Å².